The first-order chi connectivity index (χ1) is 15.5. The first-order valence-corrected chi connectivity index (χ1v) is 12.4. The topological polar surface area (TPSA) is 83.8 Å². The third-order valence-corrected chi connectivity index (χ3v) is 6.59. The Kier molecular flexibility index (Phi) is 7.07. The van der Waals surface area contributed by atoms with Gasteiger partial charge in [0.25, 0.3) is 5.91 Å². The van der Waals surface area contributed by atoms with Crippen molar-refractivity contribution >= 4 is 27.8 Å². The van der Waals surface area contributed by atoms with E-state index in [-0.39, 0.29) is 6.54 Å². The average Bonchev–Trinajstić information content (AvgIpc) is 3.00. The summed E-state index contributed by atoms with van der Waals surface area (Å²) in [5.74, 6) is -0.524. The summed E-state index contributed by atoms with van der Waals surface area (Å²) < 4.78 is 27.9. The van der Waals surface area contributed by atoms with Gasteiger partial charge in [0.05, 0.1) is 18.2 Å². The fraction of sp³-hybridized carbons (Fsp3) is 0.280. The zero-order valence-corrected chi connectivity index (χ0v) is 20.7. The minimum atomic E-state index is -3.65. The lowest BCUT2D eigenvalue weighted by molar-refractivity contribution is -0.119. The molecular weight excluding hydrogens is 436 g/mol. The van der Waals surface area contributed by atoms with Crippen molar-refractivity contribution in [2.45, 2.75) is 34.6 Å². The fourth-order valence-electron chi connectivity index (χ4n) is 3.82. The van der Waals surface area contributed by atoms with Gasteiger partial charge in [-0.3, -0.25) is 9.10 Å². The summed E-state index contributed by atoms with van der Waals surface area (Å²) in [6, 6.07) is 15.6. The third kappa shape index (κ3) is 5.70. The molecule has 2 aromatic carbocycles. The fourth-order valence-corrected chi connectivity index (χ4v) is 4.73. The lowest BCUT2D eigenvalue weighted by atomic mass is 10.1. The number of hydrogen-bond acceptors (Lipinski definition) is 4. The number of hydrogen-bond donors (Lipinski definition) is 1. The van der Waals surface area contributed by atoms with Crippen molar-refractivity contribution in [1.29, 1.82) is 0 Å². The summed E-state index contributed by atoms with van der Waals surface area (Å²) in [4.78, 5) is 12.5. The minimum Gasteiger partial charge on any atom is -0.318 e. The second-order valence-corrected chi connectivity index (χ2v) is 10.3. The number of benzene rings is 2. The molecule has 8 heteroatoms. The van der Waals surface area contributed by atoms with E-state index in [4.69, 9.17) is 0 Å². The summed E-state index contributed by atoms with van der Waals surface area (Å²) in [5, 5.41) is 4.07. The highest BCUT2D eigenvalue weighted by Crippen LogP contribution is 2.23. The van der Waals surface area contributed by atoms with E-state index < -0.39 is 15.9 Å². The predicted molar refractivity (Wildman–Crippen MR) is 134 cm³/mol. The molecule has 0 saturated heterocycles. The molecule has 174 valence electrons. The molecular formula is C25H30N4O3S. The van der Waals surface area contributed by atoms with Crippen molar-refractivity contribution in [3.8, 4) is 5.69 Å². The van der Waals surface area contributed by atoms with Crippen LogP contribution < -0.4 is 9.73 Å². The molecule has 0 aliphatic rings. The average molecular weight is 467 g/mol. The van der Waals surface area contributed by atoms with Gasteiger partial charge in [0.2, 0.25) is 10.0 Å². The maximum atomic E-state index is 12.5. The molecule has 33 heavy (non-hydrogen) atoms. The number of carbonyl (C=O) groups excluding carboxylic acids is 1. The highest BCUT2D eigenvalue weighted by Gasteiger charge is 2.22. The molecule has 0 atom stereocenters. The Labute approximate surface area is 195 Å². The van der Waals surface area contributed by atoms with Gasteiger partial charge in [-0.15, -0.1) is 0 Å². The Balaban J connectivity index is 1.75. The van der Waals surface area contributed by atoms with Crippen molar-refractivity contribution in [3.05, 3.63) is 82.2 Å². The molecule has 0 aliphatic heterocycles. The molecule has 0 bridgehead atoms. The second-order valence-electron chi connectivity index (χ2n) is 8.35. The molecule has 1 heterocycles. The smallest absolute Gasteiger partial charge is 0.260 e. The van der Waals surface area contributed by atoms with Gasteiger partial charge in [-0.2, -0.15) is 5.10 Å². The molecule has 0 spiro atoms. The monoisotopic (exact) mass is 466 g/mol. The standard InChI is InChI=1S/C25H30N4O3S/c1-17-7-10-23(11-8-17)29-20(4)14-22(21(29)5)15-26-27-25(30)16-28(33(6,31)32)24-12-9-18(2)13-19(24)3/h7-15H,16H2,1-6H3,(H,27,30)/b26-15-. The number of rotatable bonds is 7. The maximum absolute atomic E-state index is 12.5. The minimum absolute atomic E-state index is 0.359. The Bertz CT molecular complexity index is 1310. The van der Waals surface area contributed by atoms with Crippen molar-refractivity contribution < 1.29 is 13.2 Å². The zero-order chi connectivity index (χ0) is 24.3. The number of anilines is 1. The zero-order valence-electron chi connectivity index (χ0n) is 19.9. The number of aromatic nitrogens is 1. The van der Waals surface area contributed by atoms with Crippen molar-refractivity contribution in [1.82, 2.24) is 9.99 Å². The van der Waals surface area contributed by atoms with Crippen LogP contribution in [0.2, 0.25) is 0 Å². The van der Waals surface area contributed by atoms with Crippen LogP contribution in [0.5, 0.6) is 0 Å². The van der Waals surface area contributed by atoms with Crippen molar-refractivity contribution in [2.75, 3.05) is 17.1 Å². The van der Waals surface area contributed by atoms with E-state index in [0.29, 0.717) is 5.69 Å². The summed E-state index contributed by atoms with van der Waals surface area (Å²) in [6.45, 7) is 9.44. The molecule has 1 N–H and O–H groups in total. The van der Waals surface area contributed by atoms with Gasteiger partial charge in [0.1, 0.15) is 6.54 Å². The number of aryl methyl sites for hydroxylation is 4. The lowest BCUT2D eigenvalue weighted by Crippen LogP contribution is -2.39. The van der Waals surface area contributed by atoms with E-state index in [9.17, 15) is 13.2 Å². The summed E-state index contributed by atoms with van der Waals surface area (Å²) in [7, 11) is -3.65. The van der Waals surface area contributed by atoms with Crippen LogP contribution in [0.4, 0.5) is 5.69 Å². The van der Waals surface area contributed by atoms with Gasteiger partial charge in [-0.1, -0.05) is 35.4 Å². The first kappa shape index (κ1) is 24.3. The molecule has 0 unspecified atom stereocenters. The van der Waals surface area contributed by atoms with E-state index in [1.54, 1.807) is 12.3 Å². The van der Waals surface area contributed by atoms with Crippen LogP contribution in [-0.2, 0) is 14.8 Å². The number of amides is 1. The third-order valence-electron chi connectivity index (χ3n) is 5.46. The lowest BCUT2D eigenvalue weighted by Gasteiger charge is -2.23. The van der Waals surface area contributed by atoms with Crippen molar-refractivity contribution in [2.24, 2.45) is 5.10 Å². The Hall–Kier alpha value is -3.39. The van der Waals surface area contributed by atoms with Gasteiger partial charge in [0.15, 0.2) is 0 Å². The summed E-state index contributed by atoms with van der Waals surface area (Å²) in [5.41, 5.74) is 9.86. The van der Waals surface area contributed by atoms with Crippen LogP contribution in [0.25, 0.3) is 5.69 Å². The summed E-state index contributed by atoms with van der Waals surface area (Å²) in [6.07, 6.45) is 2.66. The SMILES string of the molecule is Cc1ccc(-n2c(C)cc(/C=N\NC(=O)CN(c3ccc(C)cc3C)S(C)(=O)=O)c2C)cc1. The molecule has 0 radical (unpaired) electrons. The number of nitrogens with one attached hydrogen (secondary N) is 1. The number of nitrogens with zero attached hydrogens (tertiary/aromatic N) is 3. The molecule has 0 aliphatic carbocycles. The second kappa shape index (κ2) is 9.62. The van der Waals surface area contributed by atoms with Gasteiger partial charge in [-0.05, 0) is 64.4 Å². The van der Waals surface area contributed by atoms with Gasteiger partial charge in [-0.25, -0.2) is 13.8 Å². The quantitative estimate of drug-likeness (QED) is 0.423. The molecule has 3 aromatic rings. The molecule has 1 amide bonds. The van der Waals surface area contributed by atoms with Gasteiger partial charge < -0.3 is 4.57 Å². The van der Waals surface area contributed by atoms with Crippen LogP contribution in [0.1, 0.15) is 33.6 Å². The van der Waals surface area contributed by atoms with Gasteiger partial charge in [0, 0.05) is 22.6 Å². The number of sulfonamides is 1. The molecule has 7 nitrogen and oxygen atoms in total. The first-order valence-electron chi connectivity index (χ1n) is 10.6. The highest BCUT2D eigenvalue weighted by atomic mass is 32.2. The maximum Gasteiger partial charge on any atom is 0.260 e. The Morgan fingerprint density at radius 1 is 1.00 bits per heavy atom. The van der Waals surface area contributed by atoms with Crippen LogP contribution in [-0.4, -0.2) is 37.9 Å². The van der Waals surface area contributed by atoms with E-state index in [1.807, 2.05) is 52.8 Å². The number of carbonyl (C=O) groups is 1. The Morgan fingerprint density at radius 2 is 1.64 bits per heavy atom. The van der Waals surface area contributed by atoms with Crippen LogP contribution in [0.3, 0.4) is 0 Å². The summed E-state index contributed by atoms with van der Waals surface area (Å²) >= 11 is 0. The highest BCUT2D eigenvalue weighted by molar-refractivity contribution is 7.92. The Morgan fingerprint density at radius 3 is 2.24 bits per heavy atom. The molecule has 1 aromatic heterocycles. The molecule has 0 saturated carbocycles. The predicted octanol–water partition coefficient (Wildman–Crippen LogP) is 3.94. The van der Waals surface area contributed by atoms with Gasteiger partial charge >= 0.3 is 0 Å². The molecule has 0 fully saturated rings. The van der Waals surface area contributed by atoms with Crippen LogP contribution in [0, 0.1) is 34.6 Å². The molecule has 3 rings (SSSR count). The van der Waals surface area contributed by atoms with E-state index in [2.05, 4.69) is 39.4 Å². The van der Waals surface area contributed by atoms with E-state index in [0.717, 1.165) is 44.3 Å². The van der Waals surface area contributed by atoms with Crippen LogP contribution in [0.15, 0.2) is 53.6 Å². The van der Waals surface area contributed by atoms with Crippen LogP contribution >= 0.6 is 0 Å². The van der Waals surface area contributed by atoms with E-state index in [1.165, 1.54) is 5.56 Å². The number of hydrazone groups is 1. The van der Waals surface area contributed by atoms with E-state index >= 15 is 0 Å². The largest absolute Gasteiger partial charge is 0.318 e. The van der Waals surface area contributed by atoms with Crippen molar-refractivity contribution in [3.63, 3.8) is 0 Å². The normalized spacial score (nSPS) is 11.7.